The molecule has 15 nitrogen and oxygen atoms in total. The number of anilines is 1. The summed E-state index contributed by atoms with van der Waals surface area (Å²) in [5.41, 5.74) is -0.582. The first kappa shape index (κ1) is 39.8. The van der Waals surface area contributed by atoms with Crippen molar-refractivity contribution >= 4 is 50.3 Å². The number of pyridine rings is 1. The van der Waals surface area contributed by atoms with Crippen molar-refractivity contribution in [3.8, 4) is 11.6 Å². The van der Waals surface area contributed by atoms with Crippen molar-refractivity contribution < 1.29 is 42.2 Å². The van der Waals surface area contributed by atoms with Crippen LogP contribution in [0.3, 0.4) is 0 Å². The van der Waals surface area contributed by atoms with Gasteiger partial charge in [0.05, 0.1) is 24.0 Å². The Kier molecular flexibility index (Phi) is 10.2. The molecule has 7 aliphatic rings. The van der Waals surface area contributed by atoms with Crippen molar-refractivity contribution in [3.05, 3.63) is 36.5 Å². The van der Waals surface area contributed by atoms with Gasteiger partial charge in [0.1, 0.15) is 30.3 Å². The monoisotopic (exact) mass is 832 g/mol. The fourth-order valence-electron chi connectivity index (χ4n) is 10.6. The summed E-state index contributed by atoms with van der Waals surface area (Å²) in [5.74, 6) is -0.505. The number of nitrogens with one attached hydrogen (secondary N) is 2. The van der Waals surface area contributed by atoms with E-state index < -0.39 is 68.7 Å². The van der Waals surface area contributed by atoms with Crippen LogP contribution in [0.15, 0.2) is 36.5 Å². The summed E-state index contributed by atoms with van der Waals surface area (Å²) in [4.78, 5) is 67.1. The van der Waals surface area contributed by atoms with Gasteiger partial charge >= 0.3 is 6.09 Å². The van der Waals surface area contributed by atoms with Crippen LogP contribution in [0.2, 0.25) is 0 Å². The standard InChI is InChI=1S/C43H56N6O9S/c1-4-25-17-24(2)7-5-6-8-28-22-43(28,41(52)46-59(55,56)31-9-10-31)45-38(50)35-21-30(23-48(35)40(51)36(25)49(42(53)54)29-19-26-18-27(26)20-29)58-39-33-11-12-34-37(32(33)13-14-44-39)57-16-15-47(34)3/h6,8,11-14,24-31,35-36H,4-5,7,9-10,15-23H2,1-3H3,(H,45,50)(H,46,52)(H,53,54)/b8-6-/t24-,25-,26+,27?,28-,29?,30-,35+,36+,43-/m1/s1. The fraction of sp³-hybridized carbons (Fsp3) is 0.651. The molecule has 5 fully saturated rings. The van der Waals surface area contributed by atoms with Gasteiger partial charge < -0.3 is 29.7 Å². The van der Waals surface area contributed by atoms with Gasteiger partial charge in [-0.1, -0.05) is 32.4 Å². The van der Waals surface area contributed by atoms with Crippen LogP contribution in [0.1, 0.15) is 84.5 Å². The number of benzene rings is 1. The molecule has 10 atom stereocenters. The van der Waals surface area contributed by atoms with E-state index in [1.807, 2.05) is 44.3 Å². The third kappa shape index (κ3) is 7.47. The van der Waals surface area contributed by atoms with E-state index in [1.165, 1.54) is 9.80 Å². The van der Waals surface area contributed by atoms with E-state index in [2.05, 4.69) is 26.8 Å². The quantitative estimate of drug-likeness (QED) is 0.319. The number of ether oxygens (including phenoxy) is 2. The van der Waals surface area contributed by atoms with Crippen molar-refractivity contribution in [2.24, 2.45) is 29.6 Å². The Balaban J connectivity index is 1.08. The minimum absolute atomic E-state index is 0.0242. The second-order valence-electron chi connectivity index (χ2n) is 18.4. The number of amides is 4. The molecule has 9 rings (SSSR count). The Morgan fingerprint density at radius 1 is 1.08 bits per heavy atom. The van der Waals surface area contributed by atoms with E-state index in [0.717, 1.165) is 36.2 Å². The first-order valence-corrected chi connectivity index (χ1v) is 23.1. The van der Waals surface area contributed by atoms with Crippen molar-refractivity contribution in [3.63, 3.8) is 0 Å². The molecule has 0 spiro atoms. The molecule has 59 heavy (non-hydrogen) atoms. The average Bonchev–Trinajstić information content (AvgIpc) is 4.17. The number of allylic oxidation sites excluding steroid dienone is 1. The highest BCUT2D eigenvalue weighted by Gasteiger charge is 2.62. The van der Waals surface area contributed by atoms with Crippen LogP contribution >= 0.6 is 0 Å². The predicted molar refractivity (Wildman–Crippen MR) is 218 cm³/mol. The zero-order valence-corrected chi connectivity index (χ0v) is 34.9. The van der Waals surface area contributed by atoms with Crippen molar-refractivity contribution in [2.75, 3.05) is 31.6 Å². The summed E-state index contributed by atoms with van der Waals surface area (Å²) in [6.45, 7) is 5.36. The first-order chi connectivity index (χ1) is 28.3. The maximum absolute atomic E-state index is 15.4. The molecule has 2 unspecified atom stereocenters. The molecule has 318 valence electrons. The van der Waals surface area contributed by atoms with Crippen LogP contribution < -0.4 is 24.4 Å². The third-order valence-electron chi connectivity index (χ3n) is 14.3. The van der Waals surface area contributed by atoms with Gasteiger partial charge in [0.25, 0.3) is 5.91 Å². The number of rotatable bonds is 8. The number of sulfonamides is 1. The predicted octanol–water partition coefficient (Wildman–Crippen LogP) is 4.44. The minimum atomic E-state index is -3.92. The lowest BCUT2D eigenvalue weighted by Crippen LogP contribution is -2.61. The zero-order chi connectivity index (χ0) is 41.4. The van der Waals surface area contributed by atoms with E-state index >= 15 is 4.79 Å². The van der Waals surface area contributed by atoms with Gasteiger partial charge in [0, 0.05) is 42.4 Å². The lowest BCUT2D eigenvalue weighted by Gasteiger charge is -2.41. The van der Waals surface area contributed by atoms with Gasteiger partial charge in [0.15, 0.2) is 5.75 Å². The molecular formula is C43H56N6O9S. The summed E-state index contributed by atoms with van der Waals surface area (Å²) in [5, 5.41) is 14.8. The van der Waals surface area contributed by atoms with Crippen molar-refractivity contribution in [1.29, 1.82) is 0 Å². The molecule has 1 saturated heterocycles. The number of carboxylic acid groups (broad SMARTS) is 1. The van der Waals surface area contributed by atoms with Gasteiger partial charge in [-0.15, -0.1) is 0 Å². The maximum atomic E-state index is 15.4. The molecule has 4 aliphatic carbocycles. The van der Waals surface area contributed by atoms with E-state index in [-0.39, 0.29) is 37.3 Å². The highest BCUT2D eigenvalue weighted by molar-refractivity contribution is 7.91. The Morgan fingerprint density at radius 2 is 1.86 bits per heavy atom. The Labute approximate surface area is 345 Å². The van der Waals surface area contributed by atoms with E-state index in [0.29, 0.717) is 74.7 Å². The molecular weight excluding hydrogens is 777 g/mol. The molecule has 4 amide bonds. The molecule has 1 aromatic heterocycles. The minimum Gasteiger partial charge on any atom is -0.489 e. The second-order valence-corrected chi connectivity index (χ2v) is 20.3. The third-order valence-corrected chi connectivity index (χ3v) is 16.1. The number of carbonyl (C=O) groups is 4. The Bertz CT molecular complexity index is 2170. The molecule has 1 aromatic carbocycles. The number of nitrogens with zero attached hydrogens (tertiary/aromatic N) is 4. The van der Waals surface area contributed by atoms with E-state index in [4.69, 9.17) is 9.47 Å². The number of carbonyl (C=O) groups excluding carboxylic acids is 3. The maximum Gasteiger partial charge on any atom is 0.408 e. The number of hydrogen-bond acceptors (Lipinski definition) is 10. The van der Waals surface area contributed by atoms with Crippen LogP contribution in [0.5, 0.6) is 11.6 Å². The highest BCUT2D eigenvalue weighted by atomic mass is 32.2. The largest absolute Gasteiger partial charge is 0.489 e. The lowest BCUT2D eigenvalue weighted by molar-refractivity contribution is -0.145. The van der Waals surface area contributed by atoms with Crippen LogP contribution in [0.25, 0.3) is 10.8 Å². The molecule has 0 radical (unpaired) electrons. The van der Waals surface area contributed by atoms with Gasteiger partial charge in [-0.05, 0) is 99.7 Å². The average molecular weight is 833 g/mol. The van der Waals surface area contributed by atoms with E-state index in [9.17, 15) is 27.9 Å². The number of aromatic nitrogens is 1. The normalized spacial score (nSPS) is 34.8. The summed E-state index contributed by atoms with van der Waals surface area (Å²) < 4.78 is 41.0. The summed E-state index contributed by atoms with van der Waals surface area (Å²) >= 11 is 0. The second kappa shape index (κ2) is 15.1. The van der Waals surface area contributed by atoms with Crippen molar-refractivity contribution in [1.82, 2.24) is 24.8 Å². The number of hydrogen-bond donors (Lipinski definition) is 3. The summed E-state index contributed by atoms with van der Waals surface area (Å²) in [6.07, 6.45) is 9.98. The molecule has 0 bridgehead atoms. The molecule has 3 aliphatic heterocycles. The van der Waals surface area contributed by atoms with E-state index in [1.54, 1.807) is 6.20 Å². The number of likely N-dealkylation sites (N-methyl/N-ethyl adjacent to an activating group) is 1. The molecule has 4 saturated carbocycles. The van der Waals surface area contributed by atoms with Gasteiger partial charge in [-0.2, -0.15) is 0 Å². The van der Waals surface area contributed by atoms with Crippen LogP contribution in [0.4, 0.5) is 10.5 Å². The molecule has 4 heterocycles. The summed E-state index contributed by atoms with van der Waals surface area (Å²) in [6, 6.07) is 3.27. The summed E-state index contributed by atoms with van der Waals surface area (Å²) in [7, 11) is -1.91. The fourth-order valence-corrected chi connectivity index (χ4v) is 11.9. The van der Waals surface area contributed by atoms with Crippen molar-refractivity contribution in [2.45, 2.75) is 119 Å². The highest BCUT2D eigenvalue weighted by Crippen LogP contribution is 2.54. The molecule has 16 heteroatoms. The Hall–Kier alpha value is -4.60. The van der Waals surface area contributed by atoms with Gasteiger partial charge in [-0.3, -0.25) is 24.0 Å². The van der Waals surface area contributed by atoms with Crippen LogP contribution in [-0.4, -0.2) is 114 Å². The molecule has 3 N–H and O–H groups in total. The van der Waals surface area contributed by atoms with Crippen LogP contribution in [-0.2, 0) is 24.4 Å². The SMILES string of the molecule is CC[C@@H]1C[C@H](C)CC/C=C\[C@@H]2C[C@@]2(C(=O)NS(=O)(=O)C2CC2)NC(=O)[C@@H]2C[C@@H](Oc3nccc4c5c(ccc34)N(C)CCO5)CN2C(=O)[C@H]1N(C(=O)O)C1CC2C[C@H]2C1. The van der Waals surface area contributed by atoms with Gasteiger partial charge in [0.2, 0.25) is 27.7 Å². The smallest absolute Gasteiger partial charge is 0.408 e. The molecule has 2 aromatic rings. The Morgan fingerprint density at radius 3 is 2.59 bits per heavy atom. The number of fused-ring (bicyclic) bond motifs is 6. The topological polar surface area (TPSA) is 188 Å². The first-order valence-electron chi connectivity index (χ1n) is 21.6. The lowest BCUT2D eigenvalue weighted by atomic mass is 9.83. The van der Waals surface area contributed by atoms with Gasteiger partial charge in [-0.25, -0.2) is 18.2 Å². The van der Waals surface area contributed by atoms with Crippen LogP contribution in [0, 0.1) is 29.6 Å². The zero-order valence-electron chi connectivity index (χ0n) is 34.0.